The van der Waals surface area contributed by atoms with Crippen molar-refractivity contribution in [3.05, 3.63) is 29.7 Å². The number of amides is 2. The first-order chi connectivity index (χ1) is 9.47. The largest absolute Gasteiger partial charge is 0.462 e. The Labute approximate surface area is 119 Å². The quantitative estimate of drug-likeness (QED) is 0.747. The van der Waals surface area contributed by atoms with E-state index in [-0.39, 0.29) is 18.4 Å². The van der Waals surface area contributed by atoms with Gasteiger partial charge < -0.3 is 14.2 Å². The van der Waals surface area contributed by atoms with Crippen molar-refractivity contribution in [3.8, 4) is 0 Å². The van der Waals surface area contributed by atoms with Gasteiger partial charge in [0.05, 0.1) is 6.54 Å². The summed E-state index contributed by atoms with van der Waals surface area (Å²) < 4.78 is 5.34. The average Bonchev–Trinajstić information content (AvgIpc) is 2.83. The standard InChI is InChI=1S/C15H22N2O3/c1-5-17(6-2)15(19)11-16(4)14(18)10-9-13-8-7-12(3)20-13/h7-10H,5-6,11H2,1-4H3/b10-9+. The van der Waals surface area contributed by atoms with Crippen molar-refractivity contribution in [2.45, 2.75) is 20.8 Å². The molecule has 110 valence electrons. The van der Waals surface area contributed by atoms with Crippen LogP contribution in [0.4, 0.5) is 0 Å². The summed E-state index contributed by atoms with van der Waals surface area (Å²) >= 11 is 0. The minimum Gasteiger partial charge on any atom is -0.462 e. The van der Waals surface area contributed by atoms with Crippen LogP contribution in [0.2, 0.25) is 0 Å². The maximum Gasteiger partial charge on any atom is 0.246 e. The van der Waals surface area contributed by atoms with Crippen LogP contribution in [-0.4, -0.2) is 48.3 Å². The van der Waals surface area contributed by atoms with Crippen LogP contribution >= 0.6 is 0 Å². The second-order valence-electron chi connectivity index (χ2n) is 4.54. The molecule has 5 nitrogen and oxygen atoms in total. The average molecular weight is 278 g/mol. The third-order valence-corrected chi connectivity index (χ3v) is 3.02. The Balaban J connectivity index is 2.54. The second-order valence-corrected chi connectivity index (χ2v) is 4.54. The molecule has 0 N–H and O–H groups in total. The highest BCUT2D eigenvalue weighted by Gasteiger charge is 2.14. The lowest BCUT2D eigenvalue weighted by atomic mass is 10.3. The number of hydrogen-bond donors (Lipinski definition) is 0. The van der Waals surface area contributed by atoms with E-state index in [9.17, 15) is 9.59 Å². The van der Waals surface area contributed by atoms with Gasteiger partial charge in [-0.15, -0.1) is 0 Å². The van der Waals surface area contributed by atoms with Gasteiger partial charge in [-0.2, -0.15) is 0 Å². The zero-order valence-electron chi connectivity index (χ0n) is 12.5. The summed E-state index contributed by atoms with van der Waals surface area (Å²) in [5, 5.41) is 0. The number of carbonyl (C=O) groups is 2. The number of carbonyl (C=O) groups excluding carboxylic acids is 2. The summed E-state index contributed by atoms with van der Waals surface area (Å²) in [6.07, 6.45) is 3.02. The molecular weight excluding hydrogens is 256 g/mol. The Kier molecular flexibility index (Phi) is 6.03. The molecule has 0 fully saturated rings. The lowest BCUT2D eigenvalue weighted by molar-refractivity contribution is -0.136. The van der Waals surface area contributed by atoms with Gasteiger partial charge in [-0.25, -0.2) is 0 Å². The van der Waals surface area contributed by atoms with Gasteiger partial charge in [-0.05, 0) is 39.0 Å². The van der Waals surface area contributed by atoms with E-state index >= 15 is 0 Å². The van der Waals surface area contributed by atoms with Gasteiger partial charge in [0, 0.05) is 26.2 Å². The van der Waals surface area contributed by atoms with E-state index in [1.54, 1.807) is 24.1 Å². The van der Waals surface area contributed by atoms with E-state index in [0.29, 0.717) is 18.8 Å². The first kappa shape index (κ1) is 16.0. The molecule has 1 aromatic heterocycles. The molecule has 5 heteroatoms. The van der Waals surface area contributed by atoms with Crippen LogP contribution < -0.4 is 0 Å². The molecule has 0 atom stereocenters. The van der Waals surface area contributed by atoms with Crippen LogP contribution in [0.1, 0.15) is 25.4 Å². The first-order valence-electron chi connectivity index (χ1n) is 6.75. The highest BCUT2D eigenvalue weighted by molar-refractivity contribution is 5.93. The molecule has 0 aliphatic rings. The lowest BCUT2D eigenvalue weighted by Gasteiger charge is -2.22. The minimum atomic E-state index is -0.223. The lowest BCUT2D eigenvalue weighted by Crippen LogP contribution is -2.40. The number of aryl methyl sites for hydroxylation is 1. The molecule has 20 heavy (non-hydrogen) atoms. The van der Waals surface area contributed by atoms with E-state index in [4.69, 9.17) is 4.42 Å². The van der Waals surface area contributed by atoms with E-state index in [2.05, 4.69) is 0 Å². The van der Waals surface area contributed by atoms with Crippen molar-refractivity contribution in [2.75, 3.05) is 26.7 Å². The topological polar surface area (TPSA) is 53.8 Å². The predicted molar refractivity (Wildman–Crippen MR) is 78.0 cm³/mol. The molecule has 1 rings (SSSR count). The number of rotatable bonds is 6. The molecule has 0 aliphatic carbocycles. The van der Waals surface area contributed by atoms with Crippen molar-refractivity contribution >= 4 is 17.9 Å². The van der Waals surface area contributed by atoms with Crippen LogP contribution in [0, 0.1) is 6.92 Å². The zero-order chi connectivity index (χ0) is 15.1. The molecule has 2 amide bonds. The minimum absolute atomic E-state index is 0.0481. The van der Waals surface area contributed by atoms with Crippen molar-refractivity contribution < 1.29 is 14.0 Å². The van der Waals surface area contributed by atoms with Gasteiger partial charge in [-0.1, -0.05) is 0 Å². The Hall–Kier alpha value is -2.04. The fraction of sp³-hybridized carbons (Fsp3) is 0.467. The number of furan rings is 1. The van der Waals surface area contributed by atoms with Crippen molar-refractivity contribution in [1.82, 2.24) is 9.80 Å². The number of hydrogen-bond acceptors (Lipinski definition) is 3. The Morgan fingerprint density at radius 3 is 2.40 bits per heavy atom. The van der Waals surface area contributed by atoms with Crippen molar-refractivity contribution in [1.29, 1.82) is 0 Å². The Morgan fingerprint density at radius 1 is 1.25 bits per heavy atom. The van der Waals surface area contributed by atoms with Gasteiger partial charge in [0.15, 0.2) is 0 Å². The van der Waals surface area contributed by atoms with E-state index < -0.39 is 0 Å². The SMILES string of the molecule is CCN(CC)C(=O)CN(C)C(=O)/C=C/c1ccc(C)o1. The zero-order valence-corrected chi connectivity index (χ0v) is 12.5. The summed E-state index contributed by atoms with van der Waals surface area (Å²) in [5.74, 6) is 1.15. The van der Waals surface area contributed by atoms with Crippen LogP contribution in [0.3, 0.4) is 0 Å². The molecule has 1 heterocycles. The number of likely N-dealkylation sites (N-methyl/N-ethyl adjacent to an activating group) is 2. The summed E-state index contributed by atoms with van der Waals surface area (Å²) in [4.78, 5) is 26.9. The van der Waals surface area contributed by atoms with Gasteiger partial charge in [0.1, 0.15) is 11.5 Å². The van der Waals surface area contributed by atoms with Crippen LogP contribution in [0.5, 0.6) is 0 Å². The van der Waals surface area contributed by atoms with Crippen molar-refractivity contribution in [3.63, 3.8) is 0 Å². The molecule has 0 spiro atoms. The van der Waals surface area contributed by atoms with Gasteiger partial charge >= 0.3 is 0 Å². The van der Waals surface area contributed by atoms with E-state index in [1.165, 1.54) is 11.0 Å². The highest BCUT2D eigenvalue weighted by Crippen LogP contribution is 2.08. The highest BCUT2D eigenvalue weighted by atomic mass is 16.3. The third-order valence-electron chi connectivity index (χ3n) is 3.02. The summed E-state index contributed by atoms with van der Waals surface area (Å²) in [7, 11) is 1.61. The fourth-order valence-corrected chi connectivity index (χ4v) is 1.78. The van der Waals surface area contributed by atoms with E-state index in [1.807, 2.05) is 26.8 Å². The second kappa shape index (κ2) is 7.53. The molecular formula is C15H22N2O3. The maximum absolute atomic E-state index is 11.9. The summed E-state index contributed by atoms with van der Waals surface area (Å²) in [5.41, 5.74) is 0. The van der Waals surface area contributed by atoms with E-state index in [0.717, 1.165) is 5.76 Å². The smallest absolute Gasteiger partial charge is 0.246 e. The van der Waals surface area contributed by atoms with Crippen molar-refractivity contribution in [2.24, 2.45) is 0 Å². The number of nitrogens with zero attached hydrogens (tertiary/aromatic N) is 2. The molecule has 0 radical (unpaired) electrons. The first-order valence-corrected chi connectivity index (χ1v) is 6.75. The monoisotopic (exact) mass is 278 g/mol. The Morgan fingerprint density at radius 2 is 1.90 bits per heavy atom. The van der Waals surface area contributed by atoms with Crippen LogP contribution in [0.25, 0.3) is 6.08 Å². The van der Waals surface area contributed by atoms with Gasteiger partial charge in [0.25, 0.3) is 0 Å². The Bertz CT molecular complexity index is 487. The normalized spacial score (nSPS) is 10.8. The predicted octanol–water partition coefficient (Wildman–Crippen LogP) is 1.93. The maximum atomic E-state index is 11.9. The molecule has 0 saturated heterocycles. The molecule has 0 unspecified atom stereocenters. The van der Waals surface area contributed by atoms with Gasteiger partial charge in [-0.3, -0.25) is 9.59 Å². The fourth-order valence-electron chi connectivity index (χ4n) is 1.78. The van der Waals surface area contributed by atoms with Crippen LogP contribution in [-0.2, 0) is 9.59 Å². The summed E-state index contributed by atoms with van der Waals surface area (Å²) in [6.45, 7) is 7.07. The molecule has 0 bridgehead atoms. The molecule has 0 aliphatic heterocycles. The molecule has 0 saturated carbocycles. The third kappa shape index (κ3) is 4.57. The molecule has 1 aromatic rings. The van der Waals surface area contributed by atoms with Gasteiger partial charge in [0.2, 0.25) is 11.8 Å². The molecule has 0 aromatic carbocycles. The van der Waals surface area contributed by atoms with Crippen LogP contribution in [0.15, 0.2) is 22.6 Å². The summed E-state index contributed by atoms with van der Waals surface area (Å²) in [6, 6.07) is 3.62.